The van der Waals surface area contributed by atoms with Crippen LogP contribution in [-0.4, -0.2) is 37.2 Å². The summed E-state index contributed by atoms with van der Waals surface area (Å²) >= 11 is 0. The van der Waals surface area contributed by atoms with Gasteiger partial charge in [0.15, 0.2) is 6.10 Å². The van der Waals surface area contributed by atoms with E-state index in [0.29, 0.717) is 19.3 Å². The smallest absolute Gasteiger partial charge is 0.306 e. The fourth-order valence-electron chi connectivity index (χ4n) is 7.48. The number of ether oxygens (including phenoxy) is 3. The summed E-state index contributed by atoms with van der Waals surface area (Å²) in [5, 5.41) is 0. The van der Waals surface area contributed by atoms with E-state index < -0.39 is 6.10 Å². The normalized spacial score (nSPS) is 12.7. The molecule has 0 aromatic carbocycles. The molecule has 0 fully saturated rings. The van der Waals surface area contributed by atoms with Crippen LogP contribution in [-0.2, 0) is 28.6 Å². The standard InChI is InChI=1S/C60H102O6/c1-4-7-10-13-16-19-22-25-28-30-33-35-38-41-44-47-50-53-59(62)65-56-57(55-64-58(61)52-49-46-43-40-37-34-31-27-24-21-18-15-12-9-6-3)66-60(63)54-51-48-45-42-39-36-32-29-26-23-20-17-14-11-8-5-2/h8,11,16-21,24-29,57H,4-7,9-10,12-15,22-23,30-56H2,1-3H3/b11-8-,19-16-,20-17-,21-18-,27-24-,28-25-,29-26-. The van der Waals surface area contributed by atoms with Crippen molar-refractivity contribution in [3.63, 3.8) is 0 Å². The lowest BCUT2D eigenvalue weighted by molar-refractivity contribution is -0.167. The second-order valence-electron chi connectivity index (χ2n) is 18.1. The summed E-state index contributed by atoms with van der Waals surface area (Å²) in [6, 6.07) is 0. The zero-order valence-electron chi connectivity index (χ0n) is 43.2. The van der Waals surface area contributed by atoms with Crippen LogP contribution in [0.5, 0.6) is 0 Å². The summed E-state index contributed by atoms with van der Waals surface area (Å²) in [5.74, 6) is -0.919. The minimum Gasteiger partial charge on any atom is -0.462 e. The predicted octanol–water partition coefficient (Wildman–Crippen LogP) is 18.4. The lowest BCUT2D eigenvalue weighted by atomic mass is 10.1. The number of carbonyl (C=O) groups excluding carboxylic acids is 3. The zero-order valence-corrected chi connectivity index (χ0v) is 43.2. The van der Waals surface area contributed by atoms with Crippen molar-refractivity contribution in [2.75, 3.05) is 13.2 Å². The van der Waals surface area contributed by atoms with Crippen molar-refractivity contribution in [3.8, 4) is 0 Å². The third-order valence-electron chi connectivity index (χ3n) is 11.6. The molecule has 0 saturated carbocycles. The first-order chi connectivity index (χ1) is 32.5. The van der Waals surface area contributed by atoms with E-state index in [2.05, 4.69) is 106 Å². The fraction of sp³-hybridized carbons (Fsp3) is 0.717. The van der Waals surface area contributed by atoms with Crippen LogP contribution in [0.15, 0.2) is 85.1 Å². The average molecular weight is 919 g/mol. The minimum absolute atomic E-state index is 0.0903. The third-order valence-corrected chi connectivity index (χ3v) is 11.6. The number of rotatable bonds is 49. The average Bonchev–Trinajstić information content (AvgIpc) is 3.31. The van der Waals surface area contributed by atoms with Gasteiger partial charge < -0.3 is 14.2 Å². The minimum atomic E-state index is -0.792. The van der Waals surface area contributed by atoms with Crippen LogP contribution >= 0.6 is 0 Å². The number of carbonyl (C=O) groups is 3. The Hall–Kier alpha value is -3.41. The first-order valence-corrected chi connectivity index (χ1v) is 27.6. The van der Waals surface area contributed by atoms with E-state index in [1.807, 2.05) is 0 Å². The molecular weight excluding hydrogens is 817 g/mol. The molecule has 0 N–H and O–H groups in total. The van der Waals surface area contributed by atoms with Gasteiger partial charge in [-0.2, -0.15) is 0 Å². The second-order valence-corrected chi connectivity index (χ2v) is 18.1. The Morgan fingerprint density at radius 1 is 0.333 bits per heavy atom. The molecule has 0 amide bonds. The highest BCUT2D eigenvalue weighted by Gasteiger charge is 2.19. The molecule has 0 rings (SSSR count). The van der Waals surface area contributed by atoms with Gasteiger partial charge in [-0.25, -0.2) is 0 Å². The van der Waals surface area contributed by atoms with Crippen LogP contribution in [0.3, 0.4) is 0 Å². The Kier molecular flexibility index (Phi) is 51.4. The third kappa shape index (κ3) is 51.6. The Bertz CT molecular complexity index is 1290. The first kappa shape index (κ1) is 62.6. The lowest BCUT2D eigenvalue weighted by Crippen LogP contribution is -2.30. The molecule has 0 radical (unpaired) electrons. The molecule has 0 bridgehead atoms. The van der Waals surface area contributed by atoms with E-state index in [0.717, 1.165) is 109 Å². The van der Waals surface area contributed by atoms with Crippen LogP contribution in [0.1, 0.15) is 258 Å². The molecule has 1 unspecified atom stereocenters. The summed E-state index contributed by atoms with van der Waals surface area (Å²) in [6.45, 7) is 6.45. The molecule has 6 heteroatoms. The van der Waals surface area contributed by atoms with E-state index in [1.54, 1.807) is 0 Å². The molecule has 0 aliphatic heterocycles. The number of hydrogen-bond donors (Lipinski definition) is 0. The highest BCUT2D eigenvalue weighted by atomic mass is 16.6. The molecule has 0 saturated heterocycles. The zero-order chi connectivity index (χ0) is 47.9. The van der Waals surface area contributed by atoms with Gasteiger partial charge >= 0.3 is 17.9 Å². The van der Waals surface area contributed by atoms with Crippen molar-refractivity contribution in [2.45, 2.75) is 264 Å². The molecule has 0 aliphatic carbocycles. The van der Waals surface area contributed by atoms with E-state index >= 15 is 0 Å². The van der Waals surface area contributed by atoms with Crippen molar-refractivity contribution < 1.29 is 28.6 Å². The van der Waals surface area contributed by atoms with Crippen LogP contribution in [0.4, 0.5) is 0 Å². The molecule has 0 aliphatic rings. The van der Waals surface area contributed by atoms with Crippen LogP contribution < -0.4 is 0 Å². The number of esters is 3. The van der Waals surface area contributed by atoms with Crippen LogP contribution in [0, 0.1) is 0 Å². The first-order valence-electron chi connectivity index (χ1n) is 27.6. The molecule has 0 spiro atoms. The second kappa shape index (κ2) is 54.2. The number of allylic oxidation sites excluding steroid dienone is 14. The van der Waals surface area contributed by atoms with E-state index in [4.69, 9.17) is 14.2 Å². The summed E-state index contributed by atoms with van der Waals surface area (Å²) in [5.41, 5.74) is 0. The molecule has 0 aromatic rings. The number of hydrogen-bond acceptors (Lipinski definition) is 6. The van der Waals surface area contributed by atoms with Crippen molar-refractivity contribution in [1.82, 2.24) is 0 Å². The van der Waals surface area contributed by atoms with Crippen LogP contribution in [0.25, 0.3) is 0 Å². The highest BCUT2D eigenvalue weighted by Crippen LogP contribution is 2.14. The summed E-state index contributed by atoms with van der Waals surface area (Å²) in [7, 11) is 0. The van der Waals surface area contributed by atoms with Gasteiger partial charge in [-0.15, -0.1) is 0 Å². The SMILES string of the molecule is CC/C=C\C/C=C\C/C=C\CCCCCCCCC(=O)OC(COC(=O)CCCCCCCC/C=C\C=C/CCCCC)COC(=O)CCCCCCCCC/C=C\C/C=C\CCCCC. The van der Waals surface area contributed by atoms with Crippen molar-refractivity contribution >= 4 is 17.9 Å². The van der Waals surface area contributed by atoms with E-state index in [1.165, 1.54) is 109 Å². The molecule has 6 nitrogen and oxygen atoms in total. The number of unbranched alkanes of at least 4 members (excludes halogenated alkanes) is 25. The topological polar surface area (TPSA) is 78.9 Å². The van der Waals surface area contributed by atoms with Crippen molar-refractivity contribution in [3.05, 3.63) is 85.1 Å². The molecule has 66 heavy (non-hydrogen) atoms. The van der Waals surface area contributed by atoms with Gasteiger partial charge in [0.05, 0.1) is 0 Å². The monoisotopic (exact) mass is 919 g/mol. The quantitative estimate of drug-likeness (QED) is 0.0199. The summed E-state index contributed by atoms with van der Waals surface area (Å²) in [4.78, 5) is 38.1. The maximum Gasteiger partial charge on any atom is 0.306 e. The maximum atomic E-state index is 12.8. The van der Waals surface area contributed by atoms with Gasteiger partial charge in [-0.1, -0.05) is 215 Å². The van der Waals surface area contributed by atoms with Crippen molar-refractivity contribution in [1.29, 1.82) is 0 Å². The molecule has 0 heterocycles. The lowest BCUT2D eigenvalue weighted by Gasteiger charge is -2.18. The largest absolute Gasteiger partial charge is 0.462 e. The highest BCUT2D eigenvalue weighted by molar-refractivity contribution is 5.71. The summed E-state index contributed by atoms with van der Waals surface area (Å²) in [6.07, 6.45) is 69.9. The van der Waals surface area contributed by atoms with Gasteiger partial charge in [-0.05, 0) is 109 Å². The van der Waals surface area contributed by atoms with Crippen LogP contribution in [0.2, 0.25) is 0 Å². The van der Waals surface area contributed by atoms with Gasteiger partial charge in [0.25, 0.3) is 0 Å². The Labute approximate surface area is 407 Å². The summed E-state index contributed by atoms with van der Waals surface area (Å²) < 4.78 is 16.8. The fourth-order valence-corrected chi connectivity index (χ4v) is 7.48. The predicted molar refractivity (Wildman–Crippen MR) is 284 cm³/mol. The molecule has 0 aromatic heterocycles. The van der Waals surface area contributed by atoms with Gasteiger partial charge in [-0.3, -0.25) is 14.4 Å². The van der Waals surface area contributed by atoms with E-state index in [-0.39, 0.29) is 31.1 Å². The maximum absolute atomic E-state index is 12.8. The molecular formula is C60H102O6. The van der Waals surface area contributed by atoms with Gasteiger partial charge in [0.2, 0.25) is 0 Å². The van der Waals surface area contributed by atoms with Gasteiger partial charge in [0.1, 0.15) is 13.2 Å². The molecule has 1 atom stereocenters. The molecule has 378 valence electrons. The van der Waals surface area contributed by atoms with E-state index in [9.17, 15) is 14.4 Å². The Balaban J connectivity index is 4.44. The Morgan fingerprint density at radius 2 is 0.636 bits per heavy atom. The van der Waals surface area contributed by atoms with Gasteiger partial charge in [0, 0.05) is 19.3 Å². The van der Waals surface area contributed by atoms with Crippen molar-refractivity contribution in [2.24, 2.45) is 0 Å². The Morgan fingerprint density at radius 3 is 1.02 bits per heavy atom.